The van der Waals surface area contributed by atoms with Crippen molar-refractivity contribution in [3.8, 4) is 5.75 Å². The predicted octanol–water partition coefficient (Wildman–Crippen LogP) is 3.41. The van der Waals surface area contributed by atoms with Gasteiger partial charge in [-0.2, -0.15) is 0 Å². The lowest BCUT2D eigenvalue weighted by atomic mass is 10.0. The Hall–Kier alpha value is -2.82. The van der Waals surface area contributed by atoms with E-state index in [1.165, 1.54) is 14.2 Å². The maximum Gasteiger partial charge on any atom is 0.360 e. The molecule has 0 radical (unpaired) electrons. The summed E-state index contributed by atoms with van der Waals surface area (Å²) in [5.41, 5.74) is 3.82. The number of aryl methyl sites for hydroxylation is 2. The molecule has 0 unspecified atom stereocenters. The van der Waals surface area contributed by atoms with Crippen LogP contribution >= 0.6 is 0 Å². The fourth-order valence-corrected chi connectivity index (χ4v) is 2.44. The Labute approximate surface area is 141 Å². The number of nitrogens with zero attached hydrogens (tertiary/aromatic N) is 1. The summed E-state index contributed by atoms with van der Waals surface area (Å²) in [6.07, 6.45) is 0. The molecule has 0 aliphatic carbocycles. The number of methoxy groups -OCH3 is 1. The van der Waals surface area contributed by atoms with Crippen LogP contribution in [0.3, 0.4) is 0 Å². The molecule has 0 bridgehead atoms. The number of esters is 1. The van der Waals surface area contributed by atoms with Crippen molar-refractivity contribution in [1.29, 1.82) is 0 Å². The summed E-state index contributed by atoms with van der Waals surface area (Å²) >= 11 is 0. The number of hydrogen-bond donors (Lipinski definition) is 0. The third-order valence-electron chi connectivity index (χ3n) is 3.42. The van der Waals surface area contributed by atoms with E-state index >= 15 is 0 Å². The zero-order valence-electron chi connectivity index (χ0n) is 14.3. The van der Waals surface area contributed by atoms with Crippen molar-refractivity contribution in [2.45, 2.75) is 20.5 Å². The van der Waals surface area contributed by atoms with Gasteiger partial charge in [0.2, 0.25) is 0 Å². The Morgan fingerprint density at radius 3 is 2.33 bits per heavy atom. The van der Waals surface area contributed by atoms with E-state index < -0.39 is 5.97 Å². The van der Waals surface area contributed by atoms with E-state index in [4.69, 9.17) is 14.3 Å². The van der Waals surface area contributed by atoms with E-state index in [1.807, 2.05) is 44.2 Å². The van der Waals surface area contributed by atoms with Crippen molar-refractivity contribution < 1.29 is 19.1 Å². The van der Waals surface area contributed by atoms with Crippen LogP contribution in [0.4, 0.5) is 0 Å². The molecule has 2 aromatic rings. The number of carbonyl (C=O) groups is 1. The molecule has 0 aromatic heterocycles. The van der Waals surface area contributed by atoms with Crippen molar-refractivity contribution in [2.24, 2.45) is 5.16 Å². The topological polar surface area (TPSA) is 57.1 Å². The van der Waals surface area contributed by atoms with Gasteiger partial charge in [-0.3, -0.25) is 0 Å². The summed E-state index contributed by atoms with van der Waals surface area (Å²) in [5, 5.41) is 3.80. The normalized spacial score (nSPS) is 11.1. The monoisotopic (exact) mass is 327 g/mol. The lowest BCUT2D eigenvalue weighted by molar-refractivity contribution is -0.132. The molecule has 0 N–H and O–H groups in total. The molecule has 5 nitrogen and oxygen atoms in total. The molecule has 126 valence electrons. The molecule has 2 rings (SSSR count). The second-order valence-corrected chi connectivity index (χ2v) is 5.38. The van der Waals surface area contributed by atoms with Gasteiger partial charge in [0.25, 0.3) is 0 Å². The highest BCUT2D eigenvalue weighted by molar-refractivity contribution is 6.43. The van der Waals surface area contributed by atoms with Gasteiger partial charge in [0.05, 0.1) is 7.11 Å². The van der Waals surface area contributed by atoms with E-state index in [9.17, 15) is 4.79 Å². The second-order valence-electron chi connectivity index (χ2n) is 5.38. The molecule has 0 saturated heterocycles. The van der Waals surface area contributed by atoms with Crippen LogP contribution in [-0.2, 0) is 21.0 Å². The maximum atomic E-state index is 11.9. The molecule has 0 atom stereocenters. The lowest BCUT2D eigenvalue weighted by Gasteiger charge is -2.12. The summed E-state index contributed by atoms with van der Waals surface area (Å²) < 4.78 is 10.7. The summed E-state index contributed by atoms with van der Waals surface area (Å²) in [5.74, 6) is 0.223. The molecule has 0 aliphatic heterocycles. The Balaban J connectivity index is 2.28. The van der Waals surface area contributed by atoms with Gasteiger partial charge < -0.3 is 14.3 Å². The number of ether oxygens (including phenoxy) is 2. The number of benzene rings is 2. The smallest absolute Gasteiger partial charge is 0.360 e. The number of hydrogen-bond acceptors (Lipinski definition) is 5. The first kappa shape index (κ1) is 17.5. The van der Waals surface area contributed by atoms with Gasteiger partial charge in [-0.1, -0.05) is 35.5 Å². The van der Waals surface area contributed by atoms with Gasteiger partial charge >= 0.3 is 5.97 Å². The molecule has 0 fully saturated rings. The average Bonchev–Trinajstić information content (AvgIpc) is 2.57. The summed E-state index contributed by atoms with van der Waals surface area (Å²) in [7, 11) is 2.69. The highest BCUT2D eigenvalue weighted by Gasteiger charge is 2.19. The molecule has 24 heavy (non-hydrogen) atoms. The van der Waals surface area contributed by atoms with Gasteiger partial charge in [0, 0.05) is 5.56 Å². The lowest BCUT2D eigenvalue weighted by Crippen LogP contribution is -2.19. The summed E-state index contributed by atoms with van der Waals surface area (Å²) in [4.78, 5) is 16.7. The molecule has 2 aromatic carbocycles. The van der Waals surface area contributed by atoms with Crippen LogP contribution in [0.25, 0.3) is 0 Å². The summed E-state index contributed by atoms with van der Waals surface area (Å²) in [6, 6.07) is 13.4. The van der Waals surface area contributed by atoms with E-state index in [0.717, 1.165) is 22.4 Å². The Bertz CT molecular complexity index is 733. The molecule has 0 aliphatic rings. The third-order valence-corrected chi connectivity index (χ3v) is 3.42. The van der Waals surface area contributed by atoms with Crippen LogP contribution in [0.5, 0.6) is 5.75 Å². The zero-order valence-corrected chi connectivity index (χ0v) is 14.3. The number of carbonyl (C=O) groups excluding carboxylic acids is 1. The number of oxime groups is 1. The van der Waals surface area contributed by atoms with Gasteiger partial charge in [-0.15, -0.1) is 0 Å². The number of rotatable bonds is 6. The van der Waals surface area contributed by atoms with Gasteiger partial charge in [0.1, 0.15) is 19.5 Å². The van der Waals surface area contributed by atoms with Gasteiger partial charge in [-0.05, 0) is 42.7 Å². The molecule has 0 saturated carbocycles. The van der Waals surface area contributed by atoms with Crippen molar-refractivity contribution in [3.05, 3.63) is 64.7 Å². The quantitative estimate of drug-likeness (QED) is 0.463. The highest BCUT2D eigenvalue weighted by Crippen LogP contribution is 2.19. The van der Waals surface area contributed by atoms with Crippen LogP contribution < -0.4 is 4.74 Å². The van der Waals surface area contributed by atoms with Crippen LogP contribution in [-0.4, -0.2) is 25.9 Å². The average molecular weight is 327 g/mol. The van der Waals surface area contributed by atoms with E-state index in [0.29, 0.717) is 12.2 Å². The second kappa shape index (κ2) is 8.15. The van der Waals surface area contributed by atoms with Crippen molar-refractivity contribution in [1.82, 2.24) is 0 Å². The van der Waals surface area contributed by atoms with Crippen molar-refractivity contribution in [2.75, 3.05) is 14.2 Å². The maximum absolute atomic E-state index is 11.9. The molecule has 0 heterocycles. The minimum atomic E-state index is -0.560. The minimum Gasteiger partial charge on any atom is -0.489 e. The van der Waals surface area contributed by atoms with Gasteiger partial charge in [-0.25, -0.2) is 4.79 Å². The largest absolute Gasteiger partial charge is 0.489 e. The Morgan fingerprint density at radius 2 is 1.71 bits per heavy atom. The van der Waals surface area contributed by atoms with E-state index in [-0.39, 0.29) is 5.71 Å². The predicted molar refractivity (Wildman–Crippen MR) is 92.3 cm³/mol. The van der Waals surface area contributed by atoms with Crippen LogP contribution in [0.2, 0.25) is 0 Å². The Kier molecular flexibility index (Phi) is 5.95. The molecule has 5 heteroatoms. The fourth-order valence-electron chi connectivity index (χ4n) is 2.44. The zero-order chi connectivity index (χ0) is 17.5. The fraction of sp³-hybridized carbons (Fsp3) is 0.263. The standard InChI is InChI=1S/C19H21NO4/c1-13-9-14(2)11-16(10-13)24-12-15-7-5-6-8-17(15)18(20-23-4)19(21)22-3/h5-11H,12H2,1-4H3. The molecular formula is C19H21NO4. The van der Waals surface area contributed by atoms with Crippen molar-refractivity contribution in [3.63, 3.8) is 0 Å². The third kappa shape index (κ3) is 4.35. The minimum absolute atomic E-state index is 0.111. The first-order chi connectivity index (χ1) is 11.5. The highest BCUT2D eigenvalue weighted by atomic mass is 16.6. The van der Waals surface area contributed by atoms with Crippen LogP contribution in [0, 0.1) is 13.8 Å². The molecule has 0 amide bonds. The Morgan fingerprint density at radius 1 is 1.04 bits per heavy atom. The molecular weight excluding hydrogens is 306 g/mol. The summed E-state index contributed by atoms with van der Waals surface area (Å²) in [6.45, 7) is 4.35. The van der Waals surface area contributed by atoms with E-state index in [2.05, 4.69) is 11.2 Å². The van der Waals surface area contributed by atoms with Gasteiger partial charge in [0.15, 0.2) is 5.71 Å². The van der Waals surface area contributed by atoms with E-state index in [1.54, 1.807) is 6.07 Å². The first-order valence-electron chi connectivity index (χ1n) is 7.54. The van der Waals surface area contributed by atoms with Crippen molar-refractivity contribution >= 4 is 11.7 Å². The molecule has 0 spiro atoms. The SMILES string of the molecule is CON=C(C(=O)OC)c1ccccc1COc1cc(C)cc(C)c1. The van der Waals surface area contributed by atoms with Crippen LogP contribution in [0.15, 0.2) is 47.6 Å². The van der Waals surface area contributed by atoms with Crippen LogP contribution in [0.1, 0.15) is 22.3 Å². The first-order valence-corrected chi connectivity index (χ1v) is 7.54.